The lowest BCUT2D eigenvalue weighted by Gasteiger charge is -2.41. The van der Waals surface area contributed by atoms with E-state index in [9.17, 15) is 33.4 Å². The summed E-state index contributed by atoms with van der Waals surface area (Å²) in [5.74, 6) is -2.82. The number of likely N-dealkylation sites (tertiary alicyclic amines) is 1. The van der Waals surface area contributed by atoms with E-state index in [2.05, 4.69) is 0 Å². The molecule has 1 saturated heterocycles. The molecule has 0 aromatic heterocycles. The zero-order valence-corrected chi connectivity index (χ0v) is 27.8. The van der Waals surface area contributed by atoms with Gasteiger partial charge in [-0.15, -0.1) is 0 Å². The van der Waals surface area contributed by atoms with Crippen molar-refractivity contribution in [2.75, 3.05) is 36.0 Å². The Kier molecular flexibility index (Phi) is 9.27. The number of aliphatic hydroxyl groups is 1. The molecule has 49 heavy (non-hydrogen) atoms. The first kappa shape index (κ1) is 34.2. The lowest BCUT2D eigenvalue weighted by Crippen LogP contribution is -2.52. The van der Waals surface area contributed by atoms with E-state index in [1.165, 1.54) is 18.2 Å². The molecule has 3 aliphatic rings. The molecule has 2 heterocycles. The molecule has 2 N–H and O–H groups in total. The van der Waals surface area contributed by atoms with Gasteiger partial charge in [-0.1, -0.05) is 36.4 Å². The van der Waals surface area contributed by atoms with Gasteiger partial charge in [0, 0.05) is 38.0 Å². The molecule has 2 aliphatic heterocycles. The summed E-state index contributed by atoms with van der Waals surface area (Å²) in [7, 11) is 0. The van der Waals surface area contributed by atoms with Crippen LogP contribution in [0.3, 0.4) is 0 Å². The average Bonchev–Trinajstić information content (AvgIpc) is 3.89. The van der Waals surface area contributed by atoms with Crippen LogP contribution < -0.4 is 14.5 Å². The fourth-order valence-corrected chi connectivity index (χ4v) is 6.61. The van der Waals surface area contributed by atoms with Crippen LogP contribution in [0.2, 0.25) is 0 Å². The Balaban J connectivity index is 1.37. The maximum atomic E-state index is 14.9. The van der Waals surface area contributed by atoms with Crippen LogP contribution >= 0.6 is 0 Å². The SMILES string of the molecule is CC(C)(C)OC(=O)N1CC[C@H](c2cccc(-c3cccc(O)c3)c2)[C@@H](C(=O)N(c2ccc3c(c2)N(CCCO)C(=O)C(F)(F)O3)C2CC2)C1. The number of piperidine rings is 1. The van der Waals surface area contributed by atoms with Crippen LogP contribution in [0.4, 0.5) is 25.0 Å². The predicted molar refractivity (Wildman–Crippen MR) is 179 cm³/mol. The quantitative estimate of drug-likeness (QED) is 0.287. The molecule has 0 unspecified atom stereocenters. The number of nitrogens with zero attached hydrogens (tertiary/aromatic N) is 3. The average molecular weight is 678 g/mol. The van der Waals surface area contributed by atoms with E-state index in [4.69, 9.17) is 9.47 Å². The Morgan fingerprint density at radius 2 is 1.73 bits per heavy atom. The normalized spacial score (nSPS) is 20.3. The number of phenols is 1. The molecular weight excluding hydrogens is 636 g/mol. The monoisotopic (exact) mass is 677 g/mol. The zero-order chi connectivity index (χ0) is 35.1. The van der Waals surface area contributed by atoms with Gasteiger partial charge >= 0.3 is 18.1 Å². The highest BCUT2D eigenvalue weighted by Crippen LogP contribution is 2.45. The Bertz CT molecular complexity index is 1740. The lowest BCUT2D eigenvalue weighted by atomic mass is 9.78. The van der Waals surface area contributed by atoms with Crippen LogP contribution in [0.1, 0.15) is 57.9 Å². The minimum atomic E-state index is -4.07. The van der Waals surface area contributed by atoms with Crippen molar-refractivity contribution in [2.24, 2.45) is 5.92 Å². The molecule has 260 valence electrons. The first-order valence-corrected chi connectivity index (χ1v) is 16.6. The van der Waals surface area contributed by atoms with Gasteiger partial charge in [-0.3, -0.25) is 9.59 Å². The van der Waals surface area contributed by atoms with Crippen molar-refractivity contribution in [3.05, 3.63) is 72.3 Å². The van der Waals surface area contributed by atoms with E-state index in [1.54, 1.807) is 48.8 Å². The van der Waals surface area contributed by atoms with E-state index in [-0.39, 0.29) is 61.2 Å². The number of carbonyl (C=O) groups is 3. The van der Waals surface area contributed by atoms with Crippen LogP contribution in [-0.2, 0) is 14.3 Å². The largest absolute Gasteiger partial charge is 0.508 e. The number of halogens is 2. The van der Waals surface area contributed by atoms with Gasteiger partial charge in [0.15, 0.2) is 5.75 Å². The van der Waals surface area contributed by atoms with Crippen molar-refractivity contribution < 1.29 is 42.9 Å². The number of hydrogen-bond acceptors (Lipinski definition) is 7. The molecule has 1 aliphatic carbocycles. The van der Waals surface area contributed by atoms with Gasteiger partial charge in [0.25, 0.3) is 0 Å². The highest BCUT2D eigenvalue weighted by Gasteiger charge is 2.51. The summed E-state index contributed by atoms with van der Waals surface area (Å²) in [6.45, 7) is 5.36. The maximum absolute atomic E-state index is 14.9. The lowest BCUT2D eigenvalue weighted by molar-refractivity contribution is -0.192. The minimum Gasteiger partial charge on any atom is -0.508 e. The van der Waals surface area contributed by atoms with Crippen LogP contribution in [-0.4, -0.2) is 77.0 Å². The molecule has 0 spiro atoms. The van der Waals surface area contributed by atoms with Crippen molar-refractivity contribution in [3.63, 3.8) is 0 Å². The third-order valence-electron chi connectivity index (χ3n) is 9.01. The smallest absolute Gasteiger partial charge is 0.482 e. The number of benzene rings is 3. The van der Waals surface area contributed by atoms with Gasteiger partial charge in [0.05, 0.1) is 11.6 Å². The van der Waals surface area contributed by atoms with Gasteiger partial charge in [-0.25, -0.2) is 4.79 Å². The van der Waals surface area contributed by atoms with Crippen molar-refractivity contribution in [3.8, 4) is 22.6 Å². The number of carbonyl (C=O) groups excluding carboxylic acids is 3. The van der Waals surface area contributed by atoms with E-state index in [0.29, 0.717) is 18.7 Å². The second kappa shape index (κ2) is 13.3. The standard InChI is InChI=1S/C37H41F2N3O7/c1-36(2,3)49-35(47)40-17-15-29(25-9-4-7-23(19-25)24-8-5-10-28(44)20-24)30(22-40)33(45)42(26-11-12-26)27-13-14-32-31(21-27)41(16-6-18-43)34(46)37(38,39)48-32/h4-5,7-10,13-14,19-21,26,29-30,43-44H,6,11-12,15-18,22H2,1-3H3/t29-,30+/m1/s1. The van der Waals surface area contributed by atoms with E-state index >= 15 is 0 Å². The molecule has 6 rings (SSSR count). The van der Waals surface area contributed by atoms with Crippen LogP contribution in [0.25, 0.3) is 11.1 Å². The van der Waals surface area contributed by atoms with Crippen molar-refractivity contribution in [1.82, 2.24) is 4.90 Å². The van der Waals surface area contributed by atoms with Gasteiger partial charge in [-0.2, -0.15) is 8.78 Å². The van der Waals surface area contributed by atoms with E-state index < -0.39 is 29.6 Å². The zero-order valence-electron chi connectivity index (χ0n) is 27.8. The third-order valence-corrected chi connectivity index (χ3v) is 9.01. The van der Waals surface area contributed by atoms with Gasteiger partial charge in [0.1, 0.15) is 11.4 Å². The van der Waals surface area contributed by atoms with Crippen molar-refractivity contribution in [2.45, 2.75) is 70.1 Å². The highest BCUT2D eigenvalue weighted by molar-refractivity contribution is 6.03. The molecule has 2 atom stereocenters. The van der Waals surface area contributed by atoms with Crippen LogP contribution in [0, 0.1) is 5.92 Å². The summed E-state index contributed by atoms with van der Waals surface area (Å²) in [5, 5.41) is 19.5. The summed E-state index contributed by atoms with van der Waals surface area (Å²) >= 11 is 0. The summed E-state index contributed by atoms with van der Waals surface area (Å²) in [6, 6.07) is 19.0. The van der Waals surface area contributed by atoms with Crippen LogP contribution in [0.15, 0.2) is 66.7 Å². The number of amides is 3. The number of alkyl halides is 2. The number of aromatic hydroxyl groups is 1. The molecule has 3 aromatic rings. The predicted octanol–water partition coefficient (Wildman–Crippen LogP) is 6.30. The Morgan fingerprint density at radius 3 is 2.41 bits per heavy atom. The summed E-state index contributed by atoms with van der Waals surface area (Å²) in [4.78, 5) is 44.9. The fourth-order valence-electron chi connectivity index (χ4n) is 6.61. The second-order valence-electron chi connectivity index (χ2n) is 13.8. The number of aliphatic hydroxyl groups excluding tert-OH is 1. The first-order chi connectivity index (χ1) is 23.3. The van der Waals surface area contributed by atoms with Gasteiger partial charge in [-0.05, 0) is 99.4 Å². The topological polar surface area (TPSA) is 120 Å². The van der Waals surface area contributed by atoms with Crippen molar-refractivity contribution >= 4 is 29.3 Å². The molecule has 3 amide bonds. The number of anilines is 2. The molecule has 10 nitrogen and oxygen atoms in total. The number of ether oxygens (including phenoxy) is 2. The molecule has 1 saturated carbocycles. The molecule has 12 heteroatoms. The number of phenolic OH excluding ortho intramolecular Hbond substituents is 1. The Hall–Kier alpha value is -4.71. The Labute approximate surface area is 283 Å². The molecule has 0 radical (unpaired) electrons. The molecule has 3 aromatic carbocycles. The van der Waals surface area contributed by atoms with Crippen LogP contribution in [0.5, 0.6) is 11.5 Å². The summed E-state index contributed by atoms with van der Waals surface area (Å²) in [6.07, 6.45) is -2.57. The van der Waals surface area contributed by atoms with E-state index in [1.807, 2.05) is 30.3 Å². The minimum absolute atomic E-state index is 0.0721. The molecular formula is C37H41F2N3O7. The molecule has 2 fully saturated rings. The van der Waals surface area contributed by atoms with Gasteiger partial charge in [0.2, 0.25) is 5.91 Å². The van der Waals surface area contributed by atoms with Crippen molar-refractivity contribution in [1.29, 1.82) is 0 Å². The number of fused-ring (bicyclic) bond motifs is 1. The Morgan fingerprint density at radius 1 is 1.02 bits per heavy atom. The number of hydrogen-bond donors (Lipinski definition) is 2. The second-order valence-corrected chi connectivity index (χ2v) is 13.8. The fraction of sp³-hybridized carbons (Fsp3) is 0.432. The third kappa shape index (κ3) is 7.34. The number of rotatable bonds is 8. The maximum Gasteiger partial charge on any atom is 0.482 e. The highest BCUT2D eigenvalue weighted by atomic mass is 19.3. The van der Waals surface area contributed by atoms with E-state index in [0.717, 1.165) is 34.4 Å². The molecule has 0 bridgehead atoms. The summed E-state index contributed by atoms with van der Waals surface area (Å²) in [5.41, 5.74) is 2.37. The first-order valence-electron chi connectivity index (χ1n) is 16.6. The van der Waals surface area contributed by atoms with Gasteiger partial charge < -0.3 is 34.4 Å². The summed E-state index contributed by atoms with van der Waals surface area (Å²) < 4.78 is 39.4.